The number of nitriles is 1. The third-order valence-electron chi connectivity index (χ3n) is 5.59. The van der Waals surface area contributed by atoms with Gasteiger partial charge in [0.2, 0.25) is 0 Å². The maximum atomic E-state index is 13.2. The van der Waals surface area contributed by atoms with Gasteiger partial charge in [-0.2, -0.15) is 5.26 Å². The normalized spacial score (nSPS) is 14.4. The number of carbonyl (C=O) groups excluding carboxylic acids is 3. The molecule has 186 valence electrons. The van der Waals surface area contributed by atoms with Gasteiger partial charge in [0.15, 0.2) is 11.5 Å². The number of ether oxygens (including phenoxy) is 2. The van der Waals surface area contributed by atoms with Gasteiger partial charge in [-0.3, -0.25) is 14.9 Å². The van der Waals surface area contributed by atoms with Gasteiger partial charge < -0.3 is 9.47 Å². The molecule has 1 saturated heterocycles. The number of hydrogen-bond acceptors (Lipinski definition) is 6. The number of aryl methyl sites for hydroxylation is 1. The number of rotatable bonds is 6. The van der Waals surface area contributed by atoms with Crippen molar-refractivity contribution in [2.24, 2.45) is 0 Å². The number of carbonyl (C=O) groups is 3. The van der Waals surface area contributed by atoms with Crippen LogP contribution in [0.15, 0.2) is 64.6 Å². The molecule has 0 saturated carbocycles. The molecule has 37 heavy (non-hydrogen) atoms. The van der Waals surface area contributed by atoms with E-state index in [1.165, 1.54) is 19.3 Å². The number of imide groups is 2. The fourth-order valence-corrected chi connectivity index (χ4v) is 4.40. The van der Waals surface area contributed by atoms with Crippen LogP contribution in [-0.2, 0) is 16.2 Å². The Bertz CT molecular complexity index is 1510. The summed E-state index contributed by atoms with van der Waals surface area (Å²) in [7, 11) is 1.45. The maximum Gasteiger partial charge on any atom is 0.335 e. The van der Waals surface area contributed by atoms with E-state index in [1.807, 2.05) is 6.07 Å². The van der Waals surface area contributed by atoms with Gasteiger partial charge in [0.1, 0.15) is 12.2 Å². The Morgan fingerprint density at radius 2 is 1.89 bits per heavy atom. The average molecular weight is 581 g/mol. The predicted octanol–water partition coefficient (Wildman–Crippen LogP) is 5.54. The number of methoxy groups -OCH3 is 1. The minimum Gasteiger partial charge on any atom is -0.493 e. The lowest BCUT2D eigenvalue weighted by Gasteiger charge is -2.26. The molecule has 1 heterocycles. The highest BCUT2D eigenvalue weighted by atomic mass is 79.9. The molecule has 0 atom stereocenters. The lowest BCUT2D eigenvalue weighted by atomic mass is 10.1. The van der Waals surface area contributed by atoms with Crippen LogP contribution in [0, 0.1) is 18.3 Å². The Labute approximate surface area is 226 Å². The molecule has 1 aliphatic rings. The van der Waals surface area contributed by atoms with Crippen molar-refractivity contribution >= 4 is 57.1 Å². The molecule has 0 aliphatic carbocycles. The van der Waals surface area contributed by atoms with Crippen LogP contribution in [0.1, 0.15) is 22.3 Å². The maximum absolute atomic E-state index is 13.2. The predicted molar refractivity (Wildman–Crippen MR) is 141 cm³/mol. The van der Waals surface area contributed by atoms with Crippen LogP contribution in [0.4, 0.5) is 10.5 Å². The summed E-state index contributed by atoms with van der Waals surface area (Å²) in [5.74, 6) is -0.911. The van der Waals surface area contributed by atoms with Gasteiger partial charge in [-0.05, 0) is 70.4 Å². The van der Waals surface area contributed by atoms with E-state index in [0.29, 0.717) is 37.7 Å². The van der Waals surface area contributed by atoms with Crippen molar-refractivity contribution in [2.75, 3.05) is 12.0 Å². The zero-order valence-electron chi connectivity index (χ0n) is 19.7. The number of barbiturate groups is 1. The summed E-state index contributed by atoms with van der Waals surface area (Å²) in [4.78, 5) is 39.1. The van der Waals surface area contributed by atoms with E-state index in [4.69, 9.17) is 21.1 Å². The second kappa shape index (κ2) is 10.9. The highest BCUT2D eigenvalue weighted by Gasteiger charge is 2.37. The smallest absolute Gasteiger partial charge is 0.335 e. The third kappa shape index (κ3) is 5.35. The summed E-state index contributed by atoms with van der Waals surface area (Å²) >= 11 is 9.62. The van der Waals surface area contributed by atoms with Crippen molar-refractivity contribution in [3.8, 4) is 17.6 Å². The summed E-state index contributed by atoms with van der Waals surface area (Å²) in [5, 5.41) is 11.9. The Hall–Kier alpha value is -4.13. The number of nitrogens with one attached hydrogen (secondary N) is 1. The van der Waals surface area contributed by atoms with E-state index >= 15 is 0 Å². The molecule has 10 heteroatoms. The van der Waals surface area contributed by atoms with Gasteiger partial charge in [0.05, 0.1) is 28.9 Å². The van der Waals surface area contributed by atoms with E-state index in [0.717, 1.165) is 10.5 Å². The first kappa shape index (κ1) is 25.9. The van der Waals surface area contributed by atoms with E-state index in [-0.39, 0.29) is 17.9 Å². The van der Waals surface area contributed by atoms with Gasteiger partial charge in [-0.25, -0.2) is 9.69 Å². The third-order valence-corrected chi connectivity index (χ3v) is 6.58. The van der Waals surface area contributed by atoms with Crippen molar-refractivity contribution in [2.45, 2.75) is 13.5 Å². The first-order valence-electron chi connectivity index (χ1n) is 10.9. The first-order valence-corrected chi connectivity index (χ1v) is 12.1. The molecule has 0 bridgehead atoms. The molecule has 4 rings (SSSR count). The monoisotopic (exact) mass is 579 g/mol. The second-order valence-electron chi connectivity index (χ2n) is 7.98. The van der Waals surface area contributed by atoms with Crippen LogP contribution in [0.2, 0.25) is 5.02 Å². The zero-order valence-corrected chi connectivity index (χ0v) is 22.0. The molecular weight excluding hydrogens is 562 g/mol. The molecular formula is C27H19BrClN3O5. The van der Waals surface area contributed by atoms with Crippen LogP contribution in [0.3, 0.4) is 0 Å². The number of benzene rings is 3. The Kier molecular flexibility index (Phi) is 7.62. The van der Waals surface area contributed by atoms with Gasteiger partial charge >= 0.3 is 6.03 Å². The fourth-order valence-electron chi connectivity index (χ4n) is 3.65. The van der Waals surface area contributed by atoms with Gasteiger partial charge in [-0.1, -0.05) is 35.9 Å². The van der Waals surface area contributed by atoms with Crippen LogP contribution >= 0.6 is 27.5 Å². The molecule has 0 unspecified atom stereocenters. The number of halogens is 2. The summed E-state index contributed by atoms with van der Waals surface area (Å²) in [6.45, 7) is 1.91. The minimum absolute atomic E-state index is 0.121. The number of hydrogen-bond donors (Lipinski definition) is 1. The van der Waals surface area contributed by atoms with Crippen molar-refractivity contribution in [1.82, 2.24) is 5.32 Å². The van der Waals surface area contributed by atoms with Crippen LogP contribution in [0.5, 0.6) is 11.5 Å². The summed E-state index contributed by atoms with van der Waals surface area (Å²) in [6, 6.07) is 16.3. The molecule has 0 aromatic heterocycles. The molecule has 3 aromatic carbocycles. The largest absolute Gasteiger partial charge is 0.493 e. The molecule has 0 radical (unpaired) electrons. The quantitative estimate of drug-likeness (QED) is 0.303. The molecule has 0 spiro atoms. The molecule has 1 aliphatic heterocycles. The Morgan fingerprint density at radius 3 is 2.59 bits per heavy atom. The SMILES string of the molecule is COc1cc(/C=C2/C(=O)NC(=O)N(c3ccc(C)c(Cl)c3)C2=O)cc(Br)c1OCc1ccccc1C#N. The average Bonchev–Trinajstić information content (AvgIpc) is 2.87. The highest BCUT2D eigenvalue weighted by Crippen LogP contribution is 2.38. The lowest BCUT2D eigenvalue weighted by molar-refractivity contribution is -0.122. The van der Waals surface area contributed by atoms with Crippen molar-refractivity contribution < 1.29 is 23.9 Å². The van der Waals surface area contributed by atoms with E-state index < -0.39 is 17.8 Å². The van der Waals surface area contributed by atoms with Crippen molar-refractivity contribution in [3.05, 3.63) is 91.9 Å². The number of urea groups is 1. The van der Waals surface area contributed by atoms with Gasteiger partial charge in [0.25, 0.3) is 11.8 Å². The summed E-state index contributed by atoms with van der Waals surface area (Å²) in [6.07, 6.45) is 1.36. The van der Waals surface area contributed by atoms with E-state index in [9.17, 15) is 19.6 Å². The number of anilines is 1. The highest BCUT2D eigenvalue weighted by molar-refractivity contribution is 9.10. The molecule has 3 aromatic rings. The fraction of sp³-hybridized carbons (Fsp3) is 0.111. The molecule has 8 nitrogen and oxygen atoms in total. The molecule has 4 amide bonds. The topological polar surface area (TPSA) is 109 Å². The lowest BCUT2D eigenvalue weighted by Crippen LogP contribution is -2.54. The van der Waals surface area contributed by atoms with Gasteiger partial charge in [0, 0.05) is 10.6 Å². The molecule has 1 N–H and O–H groups in total. The van der Waals surface area contributed by atoms with E-state index in [1.54, 1.807) is 49.4 Å². The Morgan fingerprint density at radius 1 is 1.14 bits per heavy atom. The van der Waals surface area contributed by atoms with Gasteiger partial charge in [-0.15, -0.1) is 0 Å². The standard InChI is InChI=1S/C27H19BrClN3O5/c1-15-7-8-19(12-22(15)29)32-26(34)20(25(33)31-27(32)35)9-16-10-21(28)24(23(11-16)36-2)37-14-18-6-4-3-5-17(18)13-30/h3-12H,14H2,1-2H3,(H,31,33,35)/b20-9-. The number of amides is 4. The summed E-state index contributed by atoms with van der Waals surface area (Å²) < 4.78 is 11.9. The number of nitrogens with zero attached hydrogens (tertiary/aromatic N) is 2. The molecule has 1 fully saturated rings. The first-order chi connectivity index (χ1) is 17.7. The van der Waals surface area contributed by atoms with E-state index in [2.05, 4.69) is 27.3 Å². The summed E-state index contributed by atoms with van der Waals surface area (Å²) in [5.41, 5.74) is 2.41. The minimum atomic E-state index is -0.868. The Balaban J connectivity index is 1.66. The zero-order chi connectivity index (χ0) is 26.7. The second-order valence-corrected chi connectivity index (χ2v) is 9.24. The van der Waals surface area contributed by atoms with Crippen molar-refractivity contribution in [3.63, 3.8) is 0 Å². The van der Waals surface area contributed by atoms with Crippen LogP contribution < -0.4 is 19.7 Å². The van der Waals surface area contributed by atoms with Crippen LogP contribution in [0.25, 0.3) is 6.08 Å². The van der Waals surface area contributed by atoms with Crippen molar-refractivity contribution in [1.29, 1.82) is 5.26 Å². The van der Waals surface area contributed by atoms with Crippen LogP contribution in [-0.4, -0.2) is 25.0 Å².